The van der Waals surface area contributed by atoms with Crippen molar-refractivity contribution < 1.29 is 4.79 Å². The molecule has 1 N–H and O–H groups in total. The van der Waals surface area contributed by atoms with E-state index in [9.17, 15) is 4.79 Å². The van der Waals surface area contributed by atoms with E-state index in [4.69, 9.17) is 0 Å². The van der Waals surface area contributed by atoms with Crippen LogP contribution < -0.4 is 5.32 Å². The van der Waals surface area contributed by atoms with Gasteiger partial charge in [0.1, 0.15) is 0 Å². The maximum Gasteiger partial charge on any atom is 0.251 e. The summed E-state index contributed by atoms with van der Waals surface area (Å²) in [7, 11) is 0. The molecule has 0 radical (unpaired) electrons. The van der Waals surface area contributed by atoms with Crippen molar-refractivity contribution in [3.63, 3.8) is 0 Å². The van der Waals surface area contributed by atoms with E-state index in [1.807, 2.05) is 25.1 Å². The fraction of sp³-hybridized carbons (Fsp3) is 0.562. The number of hydrogen-bond donors (Lipinski definition) is 1. The van der Waals surface area contributed by atoms with Crippen LogP contribution in [0.25, 0.3) is 0 Å². The summed E-state index contributed by atoms with van der Waals surface area (Å²) < 4.78 is 0. The van der Waals surface area contributed by atoms with Crippen LogP contribution in [0.2, 0.25) is 0 Å². The van der Waals surface area contributed by atoms with Gasteiger partial charge in [0.05, 0.1) is 0 Å². The second-order valence-corrected chi connectivity index (χ2v) is 6.96. The minimum Gasteiger partial charge on any atom is -0.349 e. The SMILES string of the molecule is Cc1ccc(C(=O)NC(CCBr)C(C)(C)C)cc1C. The Labute approximate surface area is 125 Å². The maximum absolute atomic E-state index is 12.3. The molecule has 0 bridgehead atoms. The van der Waals surface area contributed by atoms with Crippen LogP contribution >= 0.6 is 15.9 Å². The highest BCUT2D eigenvalue weighted by molar-refractivity contribution is 9.09. The summed E-state index contributed by atoms with van der Waals surface area (Å²) in [4.78, 5) is 12.3. The topological polar surface area (TPSA) is 29.1 Å². The first-order valence-corrected chi connectivity index (χ1v) is 7.82. The first-order chi connectivity index (χ1) is 8.75. The van der Waals surface area contributed by atoms with Crippen LogP contribution in [0.15, 0.2) is 18.2 Å². The van der Waals surface area contributed by atoms with Crippen molar-refractivity contribution in [3.8, 4) is 0 Å². The van der Waals surface area contributed by atoms with E-state index in [1.54, 1.807) is 0 Å². The third kappa shape index (κ3) is 4.64. The molecule has 0 aromatic heterocycles. The molecule has 0 fully saturated rings. The second kappa shape index (κ2) is 6.56. The van der Waals surface area contributed by atoms with E-state index in [-0.39, 0.29) is 17.4 Å². The lowest BCUT2D eigenvalue weighted by Crippen LogP contribution is -2.44. The zero-order chi connectivity index (χ0) is 14.6. The van der Waals surface area contributed by atoms with Crippen molar-refractivity contribution in [2.24, 2.45) is 5.41 Å². The van der Waals surface area contributed by atoms with Gasteiger partial charge in [0.15, 0.2) is 0 Å². The quantitative estimate of drug-likeness (QED) is 0.824. The van der Waals surface area contributed by atoms with Gasteiger partial charge in [-0.3, -0.25) is 4.79 Å². The van der Waals surface area contributed by atoms with Crippen LogP contribution in [0.4, 0.5) is 0 Å². The second-order valence-electron chi connectivity index (χ2n) is 6.17. The van der Waals surface area contributed by atoms with Crippen LogP contribution in [0.3, 0.4) is 0 Å². The first-order valence-electron chi connectivity index (χ1n) is 6.70. The van der Waals surface area contributed by atoms with Crippen LogP contribution in [0.1, 0.15) is 48.7 Å². The number of alkyl halides is 1. The third-order valence-corrected chi connectivity index (χ3v) is 3.98. The molecule has 2 nitrogen and oxygen atoms in total. The molecule has 3 heteroatoms. The number of rotatable bonds is 4. The molecule has 19 heavy (non-hydrogen) atoms. The molecule has 0 spiro atoms. The average molecular weight is 326 g/mol. The number of amides is 1. The molecule has 1 rings (SSSR count). The third-order valence-electron chi connectivity index (χ3n) is 3.52. The van der Waals surface area contributed by atoms with Crippen molar-refractivity contribution in [3.05, 3.63) is 34.9 Å². The molecule has 106 valence electrons. The minimum atomic E-state index is 0.0176. The Morgan fingerprint density at radius 1 is 1.26 bits per heavy atom. The number of hydrogen-bond acceptors (Lipinski definition) is 1. The number of carbonyl (C=O) groups is 1. The monoisotopic (exact) mass is 325 g/mol. The Kier molecular flexibility index (Phi) is 5.60. The van der Waals surface area contributed by atoms with E-state index in [0.717, 1.165) is 22.9 Å². The molecule has 1 amide bonds. The van der Waals surface area contributed by atoms with Crippen LogP contribution in [0, 0.1) is 19.3 Å². The zero-order valence-electron chi connectivity index (χ0n) is 12.5. The van der Waals surface area contributed by atoms with Crippen molar-refractivity contribution in [2.75, 3.05) is 5.33 Å². The Hall–Kier alpha value is -0.830. The van der Waals surface area contributed by atoms with Gasteiger partial charge in [-0.05, 0) is 48.9 Å². The van der Waals surface area contributed by atoms with E-state index in [2.05, 4.69) is 48.9 Å². The summed E-state index contributed by atoms with van der Waals surface area (Å²) in [6.45, 7) is 10.6. The largest absolute Gasteiger partial charge is 0.349 e. The van der Waals surface area contributed by atoms with Gasteiger partial charge in [-0.2, -0.15) is 0 Å². The van der Waals surface area contributed by atoms with Gasteiger partial charge in [0.25, 0.3) is 5.91 Å². The zero-order valence-corrected chi connectivity index (χ0v) is 14.1. The molecular weight excluding hydrogens is 302 g/mol. The maximum atomic E-state index is 12.3. The highest BCUT2D eigenvalue weighted by Gasteiger charge is 2.25. The Morgan fingerprint density at radius 3 is 2.37 bits per heavy atom. The number of carbonyl (C=O) groups excluding carboxylic acids is 1. The van der Waals surface area contributed by atoms with Gasteiger partial charge in [0.2, 0.25) is 0 Å². The molecule has 1 unspecified atom stereocenters. The average Bonchev–Trinajstić information content (AvgIpc) is 2.30. The van der Waals surface area contributed by atoms with E-state index < -0.39 is 0 Å². The van der Waals surface area contributed by atoms with E-state index in [1.165, 1.54) is 5.56 Å². The Balaban J connectivity index is 2.84. The molecule has 0 heterocycles. The normalized spacial score (nSPS) is 13.2. The van der Waals surface area contributed by atoms with Gasteiger partial charge < -0.3 is 5.32 Å². The fourth-order valence-corrected chi connectivity index (χ4v) is 2.41. The van der Waals surface area contributed by atoms with E-state index >= 15 is 0 Å². The number of aryl methyl sites for hydroxylation is 2. The predicted molar refractivity (Wildman–Crippen MR) is 85.0 cm³/mol. The summed E-state index contributed by atoms with van der Waals surface area (Å²) in [6, 6.07) is 6.02. The molecule has 0 aliphatic rings. The first kappa shape index (κ1) is 16.2. The van der Waals surface area contributed by atoms with Gasteiger partial charge >= 0.3 is 0 Å². The Bertz CT molecular complexity index is 449. The molecule has 1 aromatic carbocycles. The van der Waals surface area contributed by atoms with Crippen molar-refractivity contribution >= 4 is 21.8 Å². The molecular formula is C16H24BrNO. The van der Waals surface area contributed by atoms with Crippen molar-refractivity contribution in [1.82, 2.24) is 5.32 Å². The van der Waals surface area contributed by atoms with Gasteiger partial charge in [-0.15, -0.1) is 0 Å². The standard InChI is InChI=1S/C16H24BrNO/c1-11-6-7-13(10-12(11)2)15(19)18-14(8-9-17)16(3,4)5/h6-7,10,14H,8-9H2,1-5H3,(H,18,19). The summed E-state index contributed by atoms with van der Waals surface area (Å²) >= 11 is 3.46. The van der Waals surface area contributed by atoms with Gasteiger partial charge in [-0.25, -0.2) is 0 Å². The molecule has 0 aliphatic heterocycles. The van der Waals surface area contributed by atoms with E-state index in [0.29, 0.717) is 0 Å². The molecule has 0 aliphatic carbocycles. The lowest BCUT2D eigenvalue weighted by molar-refractivity contribution is 0.0900. The van der Waals surface area contributed by atoms with Gasteiger partial charge in [-0.1, -0.05) is 42.8 Å². The molecule has 1 atom stereocenters. The van der Waals surface area contributed by atoms with Crippen molar-refractivity contribution in [2.45, 2.75) is 47.1 Å². The minimum absolute atomic E-state index is 0.0176. The van der Waals surface area contributed by atoms with Crippen molar-refractivity contribution in [1.29, 1.82) is 0 Å². The summed E-state index contributed by atoms with van der Waals surface area (Å²) in [5.74, 6) is 0.0176. The highest BCUT2D eigenvalue weighted by atomic mass is 79.9. The number of halogens is 1. The lowest BCUT2D eigenvalue weighted by atomic mass is 9.85. The molecule has 0 saturated heterocycles. The summed E-state index contributed by atoms with van der Waals surface area (Å²) in [6.07, 6.45) is 0.931. The van der Waals surface area contributed by atoms with Gasteiger partial charge in [0, 0.05) is 16.9 Å². The summed E-state index contributed by atoms with van der Waals surface area (Å²) in [5, 5.41) is 4.04. The summed E-state index contributed by atoms with van der Waals surface area (Å²) in [5.41, 5.74) is 3.17. The molecule has 1 aromatic rings. The predicted octanol–water partition coefficient (Wildman–Crippen LogP) is 4.23. The van der Waals surface area contributed by atoms with Crippen LogP contribution in [-0.2, 0) is 0 Å². The molecule has 0 saturated carbocycles. The highest BCUT2D eigenvalue weighted by Crippen LogP contribution is 2.23. The lowest BCUT2D eigenvalue weighted by Gasteiger charge is -2.31. The Morgan fingerprint density at radius 2 is 1.89 bits per heavy atom. The smallest absolute Gasteiger partial charge is 0.251 e. The van der Waals surface area contributed by atoms with Crippen LogP contribution in [-0.4, -0.2) is 17.3 Å². The fourth-order valence-electron chi connectivity index (χ4n) is 1.96. The number of benzene rings is 1. The number of nitrogens with one attached hydrogen (secondary N) is 1. The van der Waals surface area contributed by atoms with Crippen LogP contribution in [0.5, 0.6) is 0 Å².